The highest BCUT2D eigenvalue weighted by Crippen LogP contribution is 2.33. The van der Waals surface area contributed by atoms with Crippen molar-refractivity contribution in [3.63, 3.8) is 0 Å². The summed E-state index contributed by atoms with van der Waals surface area (Å²) < 4.78 is 1.32. The number of aromatic nitrogens is 1. The van der Waals surface area contributed by atoms with Gasteiger partial charge in [0.1, 0.15) is 5.01 Å². The third-order valence-corrected chi connectivity index (χ3v) is 4.55. The van der Waals surface area contributed by atoms with Crippen LogP contribution in [-0.4, -0.2) is 12.0 Å². The lowest BCUT2D eigenvalue weighted by Crippen LogP contribution is -2.04. The lowest BCUT2D eigenvalue weighted by Gasteiger charge is -1.91. The van der Waals surface area contributed by atoms with Crippen LogP contribution < -0.4 is 5.32 Å². The molecule has 1 N–H and O–H groups in total. The van der Waals surface area contributed by atoms with E-state index < -0.39 is 0 Å². The summed E-state index contributed by atoms with van der Waals surface area (Å²) in [5.41, 5.74) is 1.10. The molecule has 0 saturated carbocycles. The van der Waals surface area contributed by atoms with Crippen molar-refractivity contribution >= 4 is 32.8 Å². The van der Waals surface area contributed by atoms with E-state index in [0.717, 1.165) is 17.2 Å². The van der Waals surface area contributed by atoms with E-state index in [-0.39, 0.29) is 0 Å². The molecule has 86 valence electrons. The average Bonchev–Trinajstić information content (AvgIpc) is 2.94. The standard InChI is InChI=1S/C13H12N2S2/c1-14-7-13-15-10(8-16-13)12-6-9-4-2-3-5-11(9)17-12/h2-6,8,14H,7H2,1H3. The summed E-state index contributed by atoms with van der Waals surface area (Å²) in [6.07, 6.45) is 0. The van der Waals surface area contributed by atoms with Crippen molar-refractivity contribution in [1.29, 1.82) is 0 Å². The zero-order valence-electron chi connectivity index (χ0n) is 9.43. The van der Waals surface area contributed by atoms with Gasteiger partial charge in [-0.25, -0.2) is 4.98 Å². The van der Waals surface area contributed by atoms with Gasteiger partial charge in [-0.3, -0.25) is 0 Å². The van der Waals surface area contributed by atoms with Crippen LogP contribution in [0.5, 0.6) is 0 Å². The van der Waals surface area contributed by atoms with Crippen LogP contribution in [0, 0.1) is 0 Å². The first-order chi connectivity index (χ1) is 8.36. The van der Waals surface area contributed by atoms with E-state index in [9.17, 15) is 0 Å². The molecule has 0 unspecified atom stereocenters. The largest absolute Gasteiger partial charge is 0.314 e. The fourth-order valence-corrected chi connectivity index (χ4v) is 3.67. The average molecular weight is 260 g/mol. The predicted molar refractivity (Wildman–Crippen MR) is 75.7 cm³/mol. The summed E-state index contributed by atoms with van der Waals surface area (Å²) in [6.45, 7) is 0.843. The second-order valence-electron chi connectivity index (χ2n) is 3.81. The van der Waals surface area contributed by atoms with Crippen LogP contribution in [0.2, 0.25) is 0 Å². The second-order valence-corrected chi connectivity index (χ2v) is 5.83. The predicted octanol–water partition coefficient (Wildman–Crippen LogP) is 3.74. The number of hydrogen-bond acceptors (Lipinski definition) is 4. The summed E-state index contributed by atoms with van der Waals surface area (Å²) in [5, 5.41) is 7.70. The summed E-state index contributed by atoms with van der Waals surface area (Å²) >= 11 is 3.52. The number of nitrogens with one attached hydrogen (secondary N) is 1. The first-order valence-corrected chi connectivity index (χ1v) is 7.14. The van der Waals surface area contributed by atoms with E-state index >= 15 is 0 Å². The highest BCUT2D eigenvalue weighted by Gasteiger charge is 2.07. The lowest BCUT2D eigenvalue weighted by atomic mass is 10.2. The minimum atomic E-state index is 0.843. The van der Waals surface area contributed by atoms with Gasteiger partial charge in [0, 0.05) is 16.6 Å². The Kier molecular flexibility index (Phi) is 2.93. The van der Waals surface area contributed by atoms with Gasteiger partial charge in [-0.05, 0) is 24.6 Å². The first kappa shape index (κ1) is 10.9. The zero-order valence-corrected chi connectivity index (χ0v) is 11.1. The van der Waals surface area contributed by atoms with Crippen LogP contribution >= 0.6 is 22.7 Å². The smallest absolute Gasteiger partial charge is 0.107 e. The molecular formula is C13H12N2S2. The molecule has 0 amide bonds. The number of thiophene rings is 1. The second kappa shape index (κ2) is 4.56. The molecule has 0 atom stereocenters. The van der Waals surface area contributed by atoms with Gasteiger partial charge in [0.15, 0.2) is 0 Å². The molecule has 2 aromatic heterocycles. The lowest BCUT2D eigenvalue weighted by molar-refractivity contribution is 0.811. The number of fused-ring (bicyclic) bond motifs is 1. The number of hydrogen-bond donors (Lipinski definition) is 1. The molecule has 0 radical (unpaired) electrons. The minimum absolute atomic E-state index is 0.843. The molecular weight excluding hydrogens is 248 g/mol. The molecule has 0 aliphatic rings. The highest BCUT2D eigenvalue weighted by molar-refractivity contribution is 7.22. The van der Waals surface area contributed by atoms with Crippen LogP contribution in [-0.2, 0) is 6.54 Å². The van der Waals surface area contributed by atoms with Crippen LogP contribution in [0.25, 0.3) is 20.7 Å². The Morgan fingerprint density at radius 2 is 2.18 bits per heavy atom. The molecule has 1 aromatic carbocycles. The fraction of sp³-hybridized carbons (Fsp3) is 0.154. The first-order valence-electron chi connectivity index (χ1n) is 5.45. The van der Waals surface area contributed by atoms with Gasteiger partial charge in [0.25, 0.3) is 0 Å². The third-order valence-electron chi connectivity index (χ3n) is 2.56. The Morgan fingerprint density at radius 3 is 3.00 bits per heavy atom. The van der Waals surface area contributed by atoms with Crippen molar-refractivity contribution in [3.8, 4) is 10.6 Å². The molecule has 17 heavy (non-hydrogen) atoms. The van der Waals surface area contributed by atoms with Crippen molar-refractivity contribution in [2.45, 2.75) is 6.54 Å². The van der Waals surface area contributed by atoms with Gasteiger partial charge in [-0.2, -0.15) is 0 Å². The monoisotopic (exact) mass is 260 g/mol. The maximum Gasteiger partial charge on any atom is 0.107 e. The summed E-state index contributed by atoms with van der Waals surface area (Å²) in [5.74, 6) is 0. The Hall–Kier alpha value is -1.23. The molecule has 2 nitrogen and oxygen atoms in total. The maximum atomic E-state index is 4.63. The van der Waals surface area contributed by atoms with Gasteiger partial charge in [0.2, 0.25) is 0 Å². The van der Waals surface area contributed by atoms with E-state index in [1.54, 1.807) is 22.7 Å². The van der Waals surface area contributed by atoms with E-state index in [1.807, 2.05) is 7.05 Å². The SMILES string of the molecule is CNCc1nc(-c2cc3ccccc3s2)cs1. The fourth-order valence-electron chi connectivity index (χ4n) is 1.76. The van der Waals surface area contributed by atoms with Crippen molar-refractivity contribution in [1.82, 2.24) is 10.3 Å². The van der Waals surface area contributed by atoms with Crippen LogP contribution in [0.4, 0.5) is 0 Å². The third kappa shape index (κ3) is 2.11. The Bertz CT molecular complexity index is 606. The molecule has 3 aromatic rings. The molecule has 0 aliphatic heterocycles. The number of rotatable bonds is 3. The Balaban J connectivity index is 2.01. The molecule has 0 bridgehead atoms. The van der Waals surface area contributed by atoms with E-state index in [1.165, 1.54) is 15.0 Å². The van der Waals surface area contributed by atoms with E-state index in [4.69, 9.17) is 0 Å². The minimum Gasteiger partial charge on any atom is -0.314 e. The zero-order chi connectivity index (χ0) is 11.7. The van der Waals surface area contributed by atoms with Crippen LogP contribution in [0.3, 0.4) is 0 Å². The molecule has 3 rings (SSSR count). The molecule has 0 fully saturated rings. The summed E-state index contributed by atoms with van der Waals surface area (Å²) in [7, 11) is 1.94. The molecule has 2 heterocycles. The van der Waals surface area contributed by atoms with Gasteiger partial charge in [0.05, 0.1) is 10.6 Å². The molecule has 0 saturated heterocycles. The number of nitrogens with zero attached hydrogens (tertiary/aromatic N) is 1. The molecule has 0 aliphatic carbocycles. The van der Waals surface area contributed by atoms with Crippen molar-refractivity contribution in [3.05, 3.63) is 40.7 Å². The molecule has 4 heteroatoms. The highest BCUT2D eigenvalue weighted by atomic mass is 32.1. The Labute approximate surface area is 108 Å². The van der Waals surface area contributed by atoms with Gasteiger partial charge in [-0.15, -0.1) is 22.7 Å². The van der Waals surface area contributed by atoms with Crippen LogP contribution in [0.15, 0.2) is 35.7 Å². The van der Waals surface area contributed by atoms with Crippen molar-refractivity contribution in [2.75, 3.05) is 7.05 Å². The summed E-state index contributed by atoms with van der Waals surface area (Å²) in [4.78, 5) is 5.89. The van der Waals surface area contributed by atoms with Crippen molar-refractivity contribution < 1.29 is 0 Å². The van der Waals surface area contributed by atoms with Crippen LogP contribution in [0.1, 0.15) is 5.01 Å². The van der Waals surface area contributed by atoms with Gasteiger partial charge in [-0.1, -0.05) is 18.2 Å². The van der Waals surface area contributed by atoms with Gasteiger partial charge >= 0.3 is 0 Å². The topological polar surface area (TPSA) is 24.9 Å². The quantitative estimate of drug-likeness (QED) is 0.776. The summed E-state index contributed by atoms with van der Waals surface area (Å²) in [6, 6.07) is 10.7. The van der Waals surface area contributed by atoms with Crippen molar-refractivity contribution in [2.24, 2.45) is 0 Å². The number of thiazole rings is 1. The normalized spacial score (nSPS) is 11.1. The Morgan fingerprint density at radius 1 is 1.29 bits per heavy atom. The van der Waals surface area contributed by atoms with E-state index in [2.05, 4.69) is 46.0 Å². The number of benzene rings is 1. The van der Waals surface area contributed by atoms with Gasteiger partial charge < -0.3 is 5.32 Å². The maximum absolute atomic E-state index is 4.63. The van der Waals surface area contributed by atoms with E-state index in [0.29, 0.717) is 0 Å². The molecule has 0 spiro atoms.